The smallest absolute Gasteiger partial charge is 0.381 e. The minimum atomic E-state index is -4.48. The van der Waals surface area contributed by atoms with Gasteiger partial charge in [0.25, 0.3) is 5.91 Å². The number of hydrogen-bond donors (Lipinski definition) is 1. The van der Waals surface area contributed by atoms with Crippen molar-refractivity contribution >= 4 is 11.6 Å². The van der Waals surface area contributed by atoms with Crippen molar-refractivity contribution in [1.82, 2.24) is 14.7 Å². The van der Waals surface area contributed by atoms with Crippen LogP contribution in [0.4, 0.5) is 13.2 Å². The number of ether oxygens (including phenoxy) is 1. The summed E-state index contributed by atoms with van der Waals surface area (Å²) in [5, 5.41) is 2.74. The Morgan fingerprint density at radius 1 is 1.23 bits per heavy atom. The molecule has 1 amide bonds. The number of rotatable bonds is 9. The normalized spacial score (nSPS) is 11.9. The average Bonchev–Trinajstić information content (AvgIpc) is 2.97. The van der Waals surface area contributed by atoms with E-state index in [9.17, 15) is 18.0 Å². The fourth-order valence-corrected chi connectivity index (χ4v) is 2.56. The molecule has 5 nitrogen and oxygen atoms in total. The highest BCUT2D eigenvalue weighted by Crippen LogP contribution is 2.29. The van der Waals surface area contributed by atoms with E-state index in [0.717, 1.165) is 25.1 Å². The molecular weight excluding hydrogens is 347 g/mol. The highest BCUT2D eigenvalue weighted by atomic mass is 19.4. The average molecular weight is 371 g/mol. The Morgan fingerprint density at radius 3 is 2.62 bits per heavy atom. The quantitative estimate of drug-likeness (QED) is 0.681. The van der Waals surface area contributed by atoms with Crippen LogP contribution in [0.5, 0.6) is 0 Å². The van der Waals surface area contributed by atoms with Crippen molar-refractivity contribution in [1.29, 1.82) is 0 Å². The van der Waals surface area contributed by atoms with E-state index in [4.69, 9.17) is 4.74 Å². The first-order valence-electron chi connectivity index (χ1n) is 8.82. The Labute approximate surface area is 150 Å². The minimum absolute atomic E-state index is 0.153. The molecule has 0 radical (unpaired) electrons. The number of carbonyl (C=O) groups excluding carboxylic acids is 1. The first-order chi connectivity index (χ1) is 12.4. The van der Waals surface area contributed by atoms with Crippen molar-refractivity contribution in [2.24, 2.45) is 0 Å². The second-order valence-corrected chi connectivity index (χ2v) is 5.98. The molecule has 8 heteroatoms. The van der Waals surface area contributed by atoms with Gasteiger partial charge in [-0.3, -0.25) is 9.20 Å². The second kappa shape index (κ2) is 9.02. The van der Waals surface area contributed by atoms with E-state index >= 15 is 0 Å². The third-order valence-corrected chi connectivity index (χ3v) is 3.96. The number of fused-ring (bicyclic) bond motifs is 1. The number of nitrogens with one attached hydrogen (secondary N) is 1. The van der Waals surface area contributed by atoms with Crippen LogP contribution in [0.1, 0.15) is 54.9 Å². The minimum Gasteiger partial charge on any atom is -0.381 e. The van der Waals surface area contributed by atoms with Gasteiger partial charge in [0.1, 0.15) is 11.3 Å². The topological polar surface area (TPSA) is 55.6 Å². The molecule has 0 spiro atoms. The third kappa shape index (κ3) is 4.97. The molecule has 0 saturated heterocycles. The van der Waals surface area contributed by atoms with E-state index < -0.39 is 17.6 Å². The van der Waals surface area contributed by atoms with Crippen molar-refractivity contribution in [3.8, 4) is 0 Å². The summed E-state index contributed by atoms with van der Waals surface area (Å²) < 4.78 is 45.5. The highest BCUT2D eigenvalue weighted by Gasteiger charge is 2.31. The van der Waals surface area contributed by atoms with E-state index in [1.165, 1.54) is 10.5 Å². The van der Waals surface area contributed by atoms with Crippen molar-refractivity contribution in [3.63, 3.8) is 0 Å². The van der Waals surface area contributed by atoms with Crippen LogP contribution >= 0.6 is 0 Å². The van der Waals surface area contributed by atoms with Gasteiger partial charge in [-0.2, -0.15) is 13.2 Å². The van der Waals surface area contributed by atoms with Crippen molar-refractivity contribution in [3.05, 3.63) is 35.3 Å². The van der Waals surface area contributed by atoms with E-state index in [0.29, 0.717) is 43.9 Å². The molecule has 0 atom stereocenters. The summed E-state index contributed by atoms with van der Waals surface area (Å²) in [5.41, 5.74) is 0.132. The molecule has 26 heavy (non-hydrogen) atoms. The van der Waals surface area contributed by atoms with Crippen LogP contribution in [0.3, 0.4) is 0 Å². The van der Waals surface area contributed by atoms with Gasteiger partial charge < -0.3 is 10.1 Å². The first kappa shape index (κ1) is 20.2. The molecule has 2 heterocycles. The monoisotopic (exact) mass is 371 g/mol. The SMILES string of the molecule is CCCCOCCCNC(=O)c1c(CC)nc2ccc(C(F)(F)F)cn12. The molecule has 0 bridgehead atoms. The molecule has 1 N–H and O–H groups in total. The van der Waals surface area contributed by atoms with Gasteiger partial charge in [-0.1, -0.05) is 20.3 Å². The van der Waals surface area contributed by atoms with Gasteiger partial charge in [0.2, 0.25) is 0 Å². The lowest BCUT2D eigenvalue weighted by Crippen LogP contribution is -2.27. The molecule has 2 aromatic rings. The van der Waals surface area contributed by atoms with E-state index in [-0.39, 0.29) is 5.69 Å². The molecule has 2 rings (SSSR count). The number of halogens is 3. The van der Waals surface area contributed by atoms with Crippen LogP contribution in [0.25, 0.3) is 5.65 Å². The number of nitrogens with zero attached hydrogens (tertiary/aromatic N) is 2. The summed E-state index contributed by atoms with van der Waals surface area (Å²) in [6, 6.07) is 2.25. The number of hydrogen-bond acceptors (Lipinski definition) is 3. The van der Waals surface area contributed by atoms with Crippen LogP contribution < -0.4 is 5.32 Å². The van der Waals surface area contributed by atoms with E-state index in [2.05, 4.69) is 17.2 Å². The Hall–Kier alpha value is -2.09. The molecule has 0 aliphatic carbocycles. The van der Waals surface area contributed by atoms with Crippen LogP contribution in [-0.4, -0.2) is 35.1 Å². The Kier molecular flexibility index (Phi) is 7.02. The fourth-order valence-electron chi connectivity index (χ4n) is 2.56. The number of amides is 1. The summed E-state index contributed by atoms with van der Waals surface area (Å²) in [6.45, 7) is 5.50. The molecule has 2 aromatic heterocycles. The lowest BCUT2D eigenvalue weighted by atomic mass is 10.2. The van der Waals surface area contributed by atoms with E-state index in [1.54, 1.807) is 0 Å². The molecule has 144 valence electrons. The standard InChI is InChI=1S/C18H24F3N3O2/c1-3-5-10-26-11-6-9-22-17(25)16-14(4-2)23-15-8-7-13(12-24(15)16)18(19,20)21/h7-8,12H,3-6,9-11H2,1-2H3,(H,22,25). The lowest BCUT2D eigenvalue weighted by Gasteiger charge is -2.09. The number of aromatic nitrogens is 2. The predicted octanol–water partition coefficient (Wildman–Crippen LogP) is 3.85. The van der Waals surface area contributed by atoms with Crippen molar-refractivity contribution in [2.45, 2.75) is 45.7 Å². The highest BCUT2D eigenvalue weighted by molar-refractivity contribution is 5.94. The number of imidazole rings is 1. The maximum atomic E-state index is 13.0. The summed E-state index contributed by atoms with van der Waals surface area (Å²) in [4.78, 5) is 16.8. The van der Waals surface area contributed by atoms with Gasteiger partial charge in [0, 0.05) is 26.0 Å². The molecule has 0 aromatic carbocycles. The van der Waals surface area contributed by atoms with Crippen LogP contribution in [0.2, 0.25) is 0 Å². The second-order valence-electron chi connectivity index (χ2n) is 5.98. The maximum absolute atomic E-state index is 13.0. The van der Waals surface area contributed by atoms with Crippen molar-refractivity contribution in [2.75, 3.05) is 19.8 Å². The van der Waals surface area contributed by atoms with E-state index in [1.807, 2.05) is 6.92 Å². The van der Waals surface area contributed by atoms with Gasteiger partial charge in [-0.05, 0) is 31.4 Å². The molecular formula is C18H24F3N3O2. The number of alkyl halides is 3. The van der Waals surface area contributed by atoms with Gasteiger partial charge in [0.05, 0.1) is 11.3 Å². The van der Waals surface area contributed by atoms with Gasteiger partial charge >= 0.3 is 6.18 Å². The zero-order chi connectivity index (χ0) is 19.2. The Balaban J connectivity index is 2.10. The lowest BCUT2D eigenvalue weighted by molar-refractivity contribution is -0.137. The summed E-state index contributed by atoms with van der Waals surface area (Å²) >= 11 is 0. The van der Waals surface area contributed by atoms with Gasteiger partial charge in [-0.25, -0.2) is 4.98 Å². The Morgan fingerprint density at radius 2 is 1.96 bits per heavy atom. The fraction of sp³-hybridized carbons (Fsp3) is 0.556. The predicted molar refractivity (Wildman–Crippen MR) is 92.2 cm³/mol. The number of aryl methyl sites for hydroxylation is 1. The first-order valence-corrected chi connectivity index (χ1v) is 8.82. The molecule has 0 fully saturated rings. The maximum Gasteiger partial charge on any atom is 0.417 e. The summed E-state index contributed by atoms with van der Waals surface area (Å²) in [6.07, 6.45) is -0.410. The molecule has 0 unspecified atom stereocenters. The van der Waals surface area contributed by atoms with Crippen LogP contribution in [0, 0.1) is 0 Å². The number of carbonyl (C=O) groups is 1. The Bertz CT molecular complexity index is 741. The number of pyridine rings is 1. The zero-order valence-electron chi connectivity index (χ0n) is 15.0. The van der Waals surface area contributed by atoms with Crippen molar-refractivity contribution < 1.29 is 22.7 Å². The third-order valence-electron chi connectivity index (χ3n) is 3.96. The van der Waals surface area contributed by atoms with Gasteiger partial charge in [-0.15, -0.1) is 0 Å². The van der Waals surface area contributed by atoms with Crippen LogP contribution in [0.15, 0.2) is 18.3 Å². The summed E-state index contributed by atoms with van der Waals surface area (Å²) in [7, 11) is 0. The largest absolute Gasteiger partial charge is 0.417 e. The molecule has 0 aliphatic rings. The zero-order valence-corrected chi connectivity index (χ0v) is 15.0. The summed E-state index contributed by atoms with van der Waals surface area (Å²) in [5.74, 6) is -0.428. The molecule has 0 aliphatic heterocycles. The number of unbranched alkanes of at least 4 members (excludes halogenated alkanes) is 1. The van der Waals surface area contributed by atoms with Crippen LogP contribution in [-0.2, 0) is 17.3 Å². The molecule has 0 saturated carbocycles. The van der Waals surface area contributed by atoms with Gasteiger partial charge in [0.15, 0.2) is 0 Å².